The Morgan fingerprint density at radius 1 is 1.64 bits per heavy atom. The molecular weight excluding hydrogens is 140 g/mol. The lowest BCUT2D eigenvalue weighted by molar-refractivity contribution is -0.142. The van der Waals surface area contributed by atoms with E-state index in [1.54, 1.807) is 6.92 Å². The van der Waals surface area contributed by atoms with Crippen molar-refractivity contribution in [2.75, 3.05) is 6.61 Å². The highest BCUT2D eigenvalue weighted by molar-refractivity contribution is 5.69. The first-order valence-electron chi connectivity index (χ1n) is 3.30. The van der Waals surface area contributed by atoms with Crippen molar-refractivity contribution < 1.29 is 9.53 Å². The molecule has 0 atom stereocenters. The highest BCUT2D eigenvalue weighted by Crippen LogP contribution is 1.89. The number of carbonyl (C=O) groups excluding carboxylic acids is 1. The summed E-state index contributed by atoms with van der Waals surface area (Å²) in [7, 11) is 0. The van der Waals surface area contributed by atoms with Crippen molar-refractivity contribution in [3.8, 4) is 24.2 Å². The van der Waals surface area contributed by atoms with E-state index in [1.807, 2.05) is 0 Å². The lowest BCUT2D eigenvalue weighted by Gasteiger charge is -1.96. The van der Waals surface area contributed by atoms with Crippen LogP contribution in [0.15, 0.2) is 0 Å². The van der Waals surface area contributed by atoms with Crippen LogP contribution in [-0.2, 0) is 9.53 Å². The van der Waals surface area contributed by atoms with Crippen molar-refractivity contribution in [1.29, 1.82) is 0 Å². The Hall–Kier alpha value is -1.41. The molecule has 0 spiro atoms. The standard InChI is InChI=1S/C9H10O2/c1-3-5-7-9(10)11-8-6-4-2/h1H,5,7-8H2,2H3. The fourth-order valence-corrected chi connectivity index (χ4v) is 0.435. The maximum atomic E-state index is 10.7. The minimum atomic E-state index is -0.286. The first-order valence-corrected chi connectivity index (χ1v) is 3.30. The molecule has 0 saturated carbocycles. The SMILES string of the molecule is C#CCCC(=O)OCC#CC. The van der Waals surface area contributed by atoms with Gasteiger partial charge in [-0.05, 0) is 6.92 Å². The second-order valence-corrected chi connectivity index (χ2v) is 1.79. The molecule has 58 valence electrons. The average Bonchev–Trinajstić information content (AvgIpc) is 2.01. The van der Waals surface area contributed by atoms with Crippen LogP contribution >= 0.6 is 0 Å². The van der Waals surface area contributed by atoms with Crippen LogP contribution in [0.3, 0.4) is 0 Å². The highest BCUT2D eigenvalue weighted by atomic mass is 16.5. The minimum Gasteiger partial charge on any atom is -0.452 e. The van der Waals surface area contributed by atoms with E-state index < -0.39 is 0 Å². The third-order valence-electron chi connectivity index (χ3n) is 0.956. The molecule has 0 amide bonds. The fraction of sp³-hybridized carbons (Fsp3) is 0.444. The minimum absolute atomic E-state index is 0.167. The Kier molecular flexibility index (Phi) is 5.85. The molecule has 0 unspecified atom stereocenters. The summed E-state index contributed by atoms with van der Waals surface area (Å²) in [6.45, 7) is 1.86. The van der Waals surface area contributed by atoms with Crippen molar-refractivity contribution in [2.24, 2.45) is 0 Å². The lowest BCUT2D eigenvalue weighted by Crippen LogP contribution is -2.03. The monoisotopic (exact) mass is 150 g/mol. The predicted molar refractivity (Wildman–Crippen MR) is 42.5 cm³/mol. The van der Waals surface area contributed by atoms with Crippen LogP contribution in [0.5, 0.6) is 0 Å². The van der Waals surface area contributed by atoms with Crippen LogP contribution in [0.2, 0.25) is 0 Å². The molecule has 2 nitrogen and oxygen atoms in total. The molecule has 0 N–H and O–H groups in total. The number of rotatable bonds is 3. The molecule has 11 heavy (non-hydrogen) atoms. The molecule has 0 aliphatic carbocycles. The molecular formula is C9H10O2. The molecule has 0 rings (SSSR count). The molecule has 0 radical (unpaired) electrons. The Labute approximate surface area is 66.9 Å². The summed E-state index contributed by atoms with van der Waals surface area (Å²) in [5, 5.41) is 0. The summed E-state index contributed by atoms with van der Waals surface area (Å²) < 4.78 is 4.68. The van der Waals surface area contributed by atoms with E-state index in [4.69, 9.17) is 6.42 Å². The molecule has 0 fully saturated rings. The van der Waals surface area contributed by atoms with E-state index in [-0.39, 0.29) is 19.0 Å². The van der Waals surface area contributed by atoms with Crippen LogP contribution in [0.25, 0.3) is 0 Å². The highest BCUT2D eigenvalue weighted by Gasteiger charge is 1.97. The van der Waals surface area contributed by atoms with Gasteiger partial charge in [-0.3, -0.25) is 4.79 Å². The third-order valence-corrected chi connectivity index (χ3v) is 0.956. The van der Waals surface area contributed by atoms with Crippen molar-refractivity contribution in [1.82, 2.24) is 0 Å². The number of carbonyl (C=O) groups is 1. The summed E-state index contributed by atoms with van der Waals surface area (Å²) >= 11 is 0. The Bertz CT molecular complexity index is 212. The van der Waals surface area contributed by atoms with Gasteiger partial charge in [0.2, 0.25) is 0 Å². The third kappa shape index (κ3) is 6.48. The smallest absolute Gasteiger partial charge is 0.307 e. The van der Waals surface area contributed by atoms with Gasteiger partial charge in [0, 0.05) is 6.42 Å². The van der Waals surface area contributed by atoms with Crippen molar-refractivity contribution in [3.63, 3.8) is 0 Å². The molecule has 0 bridgehead atoms. The molecule has 0 aromatic carbocycles. The zero-order valence-electron chi connectivity index (χ0n) is 6.52. The maximum absolute atomic E-state index is 10.7. The molecule has 0 aromatic heterocycles. The second kappa shape index (κ2) is 6.71. The number of ether oxygens (including phenoxy) is 1. The number of hydrogen-bond donors (Lipinski definition) is 0. The van der Waals surface area contributed by atoms with Crippen LogP contribution in [-0.4, -0.2) is 12.6 Å². The predicted octanol–water partition coefficient (Wildman–Crippen LogP) is 0.966. The van der Waals surface area contributed by atoms with Gasteiger partial charge in [0.05, 0.1) is 6.42 Å². The van der Waals surface area contributed by atoms with Gasteiger partial charge in [-0.1, -0.05) is 5.92 Å². The maximum Gasteiger partial charge on any atom is 0.307 e. The normalized spacial score (nSPS) is 7.27. The van der Waals surface area contributed by atoms with Crippen molar-refractivity contribution >= 4 is 5.97 Å². The van der Waals surface area contributed by atoms with Crippen molar-refractivity contribution in [2.45, 2.75) is 19.8 Å². The molecule has 0 aliphatic rings. The molecule has 0 saturated heterocycles. The van der Waals surface area contributed by atoms with E-state index in [9.17, 15) is 4.79 Å². The zero-order chi connectivity index (χ0) is 8.53. The van der Waals surface area contributed by atoms with Gasteiger partial charge in [0.1, 0.15) is 0 Å². The molecule has 0 aromatic rings. The van der Waals surface area contributed by atoms with E-state index >= 15 is 0 Å². The van der Waals surface area contributed by atoms with Gasteiger partial charge in [0.25, 0.3) is 0 Å². The Balaban J connectivity index is 3.36. The second-order valence-electron chi connectivity index (χ2n) is 1.79. The van der Waals surface area contributed by atoms with Gasteiger partial charge < -0.3 is 4.74 Å². The average molecular weight is 150 g/mol. The quantitative estimate of drug-likeness (QED) is 0.442. The van der Waals surface area contributed by atoms with Gasteiger partial charge in [0.15, 0.2) is 6.61 Å². The van der Waals surface area contributed by atoms with Gasteiger partial charge >= 0.3 is 5.97 Å². The summed E-state index contributed by atoms with van der Waals surface area (Å²) in [5.41, 5.74) is 0. The number of terminal acetylenes is 1. The van der Waals surface area contributed by atoms with E-state index in [0.29, 0.717) is 6.42 Å². The summed E-state index contributed by atoms with van der Waals surface area (Å²) in [5.74, 6) is 7.29. The van der Waals surface area contributed by atoms with Crippen LogP contribution in [0.4, 0.5) is 0 Å². The number of esters is 1. The lowest BCUT2D eigenvalue weighted by atomic mass is 10.3. The van der Waals surface area contributed by atoms with E-state index in [1.165, 1.54) is 0 Å². The first kappa shape index (κ1) is 9.59. The molecule has 0 aliphatic heterocycles. The largest absolute Gasteiger partial charge is 0.452 e. The van der Waals surface area contributed by atoms with Gasteiger partial charge in [-0.15, -0.1) is 18.3 Å². The number of hydrogen-bond acceptors (Lipinski definition) is 2. The molecule has 2 heteroatoms. The summed E-state index contributed by atoms with van der Waals surface area (Å²) in [6, 6.07) is 0. The summed E-state index contributed by atoms with van der Waals surface area (Å²) in [6.07, 6.45) is 5.65. The van der Waals surface area contributed by atoms with Crippen LogP contribution < -0.4 is 0 Å². The van der Waals surface area contributed by atoms with Gasteiger partial charge in [-0.2, -0.15) is 0 Å². The first-order chi connectivity index (χ1) is 5.31. The molecule has 0 heterocycles. The summed E-state index contributed by atoms with van der Waals surface area (Å²) in [4.78, 5) is 10.7. The fourth-order valence-electron chi connectivity index (χ4n) is 0.435. The van der Waals surface area contributed by atoms with E-state index in [2.05, 4.69) is 22.5 Å². The zero-order valence-corrected chi connectivity index (χ0v) is 6.52. The topological polar surface area (TPSA) is 26.3 Å². The van der Waals surface area contributed by atoms with Gasteiger partial charge in [-0.25, -0.2) is 0 Å². The van der Waals surface area contributed by atoms with E-state index in [0.717, 1.165) is 0 Å². The van der Waals surface area contributed by atoms with Crippen molar-refractivity contribution in [3.05, 3.63) is 0 Å². The van der Waals surface area contributed by atoms with Crippen LogP contribution in [0, 0.1) is 24.2 Å². The Morgan fingerprint density at radius 3 is 2.91 bits per heavy atom. The Morgan fingerprint density at radius 2 is 2.36 bits per heavy atom. The van der Waals surface area contributed by atoms with Crippen LogP contribution in [0.1, 0.15) is 19.8 Å².